The molecule has 1 rings (SSSR count). The van der Waals surface area contributed by atoms with Crippen LogP contribution in [0.2, 0.25) is 0 Å². The molecule has 1 aromatic rings. The van der Waals surface area contributed by atoms with Crippen LogP contribution in [0.25, 0.3) is 0 Å². The summed E-state index contributed by atoms with van der Waals surface area (Å²) in [5.74, 6) is -0.200. The normalized spacial score (nSPS) is 9.57. The monoisotopic (exact) mass is 212 g/mol. The van der Waals surface area contributed by atoms with Crippen molar-refractivity contribution in [1.29, 1.82) is 0 Å². The number of ether oxygens (including phenoxy) is 1. The molecule has 0 unspecified atom stereocenters. The molecule has 0 aliphatic carbocycles. The van der Waals surface area contributed by atoms with Crippen LogP contribution in [0.1, 0.15) is 0 Å². The van der Waals surface area contributed by atoms with Gasteiger partial charge in [0.1, 0.15) is 11.6 Å². The van der Waals surface area contributed by atoms with E-state index >= 15 is 0 Å². The largest absolute Gasteiger partial charge is 0.485 e. The molecule has 14 heavy (non-hydrogen) atoms. The molecule has 4 heteroatoms. The number of rotatable bonds is 4. The van der Waals surface area contributed by atoms with Crippen molar-refractivity contribution in [2.24, 2.45) is 0 Å². The average molecular weight is 212 g/mol. The first-order chi connectivity index (χ1) is 6.59. The van der Waals surface area contributed by atoms with E-state index in [4.69, 9.17) is 4.74 Å². The molecule has 1 aromatic carbocycles. The molecule has 0 fully saturated rings. The number of hydrogen-bond donors (Lipinski definition) is 1. The van der Waals surface area contributed by atoms with E-state index in [-0.39, 0.29) is 23.1 Å². The zero-order chi connectivity index (χ0) is 10.6. The fourth-order valence-corrected chi connectivity index (χ4v) is 0.828. The van der Waals surface area contributed by atoms with Crippen LogP contribution < -0.4 is 4.74 Å². The third-order valence-electron chi connectivity index (χ3n) is 1.51. The second-order valence-electron chi connectivity index (χ2n) is 2.61. The van der Waals surface area contributed by atoms with E-state index in [0.717, 1.165) is 0 Å². The lowest BCUT2D eigenvalue weighted by Gasteiger charge is -2.03. The molecule has 74 valence electrons. The lowest BCUT2D eigenvalue weighted by Crippen LogP contribution is -2.10. The molecule has 0 N–H and O–H groups in total. The molecule has 0 saturated carbocycles. The van der Waals surface area contributed by atoms with Crippen LogP contribution in [0.5, 0.6) is 5.75 Å². The summed E-state index contributed by atoms with van der Waals surface area (Å²) in [4.78, 5) is 11.2. The molecule has 0 heterocycles. The predicted octanol–water partition coefficient (Wildman–Crippen LogP) is 2.22. The Balaban J connectivity index is 2.50. The molecule has 0 aliphatic rings. The number of benzene rings is 1. The molecule has 0 bridgehead atoms. The summed E-state index contributed by atoms with van der Waals surface area (Å²) in [7, 11) is 0. The van der Waals surface area contributed by atoms with Gasteiger partial charge in [0.25, 0.3) is 0 Å². The van der Waals surface area contributed by atoms with E-state index in [1.165, 1.54) is 24.3 Å². The number of carbonyl (C=O) groups excluding carboxylic acids is 1. The lowest BCUT2D eigenvalue weighted by molar-refractivity contribution is -0.116. The van der Waals surface area contributed by atoms with Crippen LogP contribution in [-0.2, 0) is 4.79 Å². The van der Waals surface area contributed by atoms with Crippen molar-refractivity contribution in [3.8, 4) is 5.75 Å². The van der Waals surface area contributed by atoms with Crippen molar-refractivity contribution in [1.82, 2.24) is 0 Å². The van der Waals surface area contributed by atoms with Gasteiger partial charge in [-0.05, 0) is 24.3 Å². The van der Waals surface area contributed by atoms with Crippen molar-refractivity contribution in [3.63, 3.8) is 0 Å². The maximum Gasteiger partial charge on any atom is 0.205 e. The van der Waals surface area contributed by atoms with Crippen LogP contribution in [0.4, 0.5) is 4.39 Å². The van der Waals surface area contributed by atoms with Gasteiger partial charge in [-0.3, -0.25) is 4.79 Å². The van der Waals surface area contributed by atoms with Gasteiger partial charge in [-0.1, -0.05) is 6.58 Å². The fourth-order valence-electron chi connectivity index (χ4n) is 0.763. The Kier molecular flexibility index (Phi) is 3.71. The quantitative estimate of drug-likeness (QED) is 0.611. The third-order valence-corrected chi connectivity index (χ3v) is 1.75. The minimum Gasteiger partial charge on any atom is -0.485 e. The fraction of sp³-hybridized carbons (Fsp3) is 0.100. The van der Waals surface area contributed by atoms with Gasteiger partial charge in [-0.25, -0.2) is 4.39 Å². The molecule has 2 nitrogen and oxygen atoms in total. The summed E-state index contributed by atoms with van der Waals surface area (Å²) in [6.45, 7) is 3.23. The first kappa shape index (κ1) is 10.8. The summed E-state index contributed by atoms with van der Waals surface area (Å²) < 4.78 is 17.5. The highest BCUT2D eigenvalue weighted by atomic mass is 32.1. The summed E-state index contributed by atoms with van der Waals surface area (Å²) in [5.41, 5.74) is 0. The van der Waals surface area contributed by atoms with Crippen molar-refractivity contribution < 1.29 is 13.9 Å². The summed E-state index contributed by atoms with van der Waals surface area (Å²) in [6, 6.07) is 5.42. The highest BCUT2D eigenvalue weighted by Crippen LogP contribution is 2.11. The van der Waals surface area contributed by atoms with E-state index in [1.807, 2.05) is 0 Å². The first-order valence-electron chi connectivity index (χ1n) is 3.89. The zero-order valence-electron chi connectivity index (χ0n) is 7.37. The molecule has 0 aromatic heterocycles. The van der Waals surface area contributed by atoms with E-state index in [0.29, 0.717) is 5.75 Å². The molecule has 0 aliphatic heterocycles. The Morgan fingerprint density at radius 1 is 1.43 bits per heavy atom. The smallest absolute Gasteiger partial charge is 0.205 e. The maximum atomic E-state index is 12.5. The second kappa shape index (κ2) is 4.81. The van der Waals surface area contributed by atoms with Gasteiger partial charge in [-0.15, -0.1) is 12.6 Å². The number of halogens is 1. The zero-order valence-corrected chi connectivity index (χ0v) is 8.26. The Morgan fingerprint density at radius 3 is 2.50 bits per heavy atom. The minimum atomic E-state index is -0.345. The molecular formula is C10H9FO2S. The average Bonchev–Trinajstić information content (AvgIpc) is 2.16. The minimum absolute atomic E-state index is 0.131. The molecule has 0 spiro atoms. The van der Waals surface area contributed by atoms with Crippen molar-refractivity contribution in [3.05, 3.63) is 41.6 Å². The van der Waals surface area contributed by atoms with Crippen LogP contribution >= 0.6 is 12.6 Å². The van der Waals surface area contributed by atoms with Gasteiger partial charge in [0.05, 0.1) is 0 Å². The highest BCUT2D eigenvalue weighted by molar-refractivity contribution is 7.85. The summed E-state index contributed by atoms with van der Waals surface area (Å²) in [6.07, 6.45) is 0. The van der Waals surface area contributed by atoms with Crippen LogP contribution in [0.3, 0.4) is 0 Å². The van der Waals surface area contributed by atoms with Crippen LogP contribution in [-0.4, -0.2) is 12.4 Å². The van der Waals surface area contributed by atoms with E-state index < -0.39 is 0 Å². The van der Waals surface area contributed by atoms with E-state index in [9.17, 15) is 9.18 Å². The predicted molar refractivity (Wildman–Crippen MR) is 55.0 cm³/mol. The van der Waals surface area contributed by atoms with Gasteiger partial charge in [0.2, 0.25) is 5.78 Å². The number of ketones is 1. The van der Waals surface area contributed by atoms with E-state index in [1.54, 1.807) is 0 Å². The summed E-state index contributed by atoms with van der Waals surface area (Å²) in [5, 5.41) is 0. The molecule has 0 radical (unpaired) electrons. The maximum absolute atomic E-state index is 12.5. The van der Waals surface area contributed by atoms with Crippen LogP contribution in [0, 0.1) is 5.82 Å². The Morgan fingerprint density at radius 2 is 2.00 bits per heavy atom. The SMILES string of the molecule is C=C(S)C(=O)COc1ccc(F)cc1. The first-order valence-corrected chi connectivity index (χ1v) is 4.34. The summed E-state index contributed by atoms with van der Waals surface area (Å²) >= 11 is 3.77. The van der Waals surface area contributed by atoms with Crippen molar-refractivity contribution >= 4 is 18.4 Å². The molecule has 0 saturated heterocycles. The lowest BCUT2D eigenvalue weighted by atomic mass is 10.3. The van der Waals surface area contributed by atoms with Gasteiger partial charge in [0, 0.05) is 4.91 Å². The van der Waals surface area contributed by atoms with Gasteiger partial charge in [-0.2, -0.15) is 0 Å². The van der Waals surface area contributed by atoms with E-state index in [2.05, 4.69) is 19.2 Å². The number of carbonyl (C=O) groups is 1. The van der Waals surface area contributed by atoms with Crippen molar-refractivity contribution in [2.45, 2.75) is 0 Å². The number of thiol groups is 1. The molecular weight excluding hydrogens is 203 g/mol. The van der Waals surface area contributed by atoms with Crippen LogP contribution in [0.15, 0.2) is 35.7 Å². The van der Waals surface area contributed by atoms with Crippen molar-refractivity contribution in [2.75, 3.05) is 6.61 Å². The van der Waals surface area contributed by atoms with Gasteiger partial charge < -0.3 is 4.74 Å². The number of Topliss-reactive ketones (excluding diaryl/α,β-unsaturated/α-hetero) is 1. The molecule has 0 atom stereocenters. The van der Waals surface area contributed by atoms with Gasteiger partial charge in [0.15, 0.2) is 6.61 Å². The number of hydrogen-bond acceptors (Lipinski definition) is 3. The Labute approximate surface area is 86.8 Å². The van der Waals surface area contributed by atoms with Gasteiger partial charge >= 0.3 is 0 Å². The molecule has 0 amide bonds. The standard InChI is InChI=1S/C10H9FO2S/c1-7(14)10(12)6-13-9-4-2-8(11)3-5-9/h2-5,14H,1,6H2. The third kappa shape index (κ3) is 3.22. The Bertz CT molecular complexity index is 346. The topological polar surface area (TPSA) is 26.3 Å². The highest BCUT2D eigenvalue weighted by Gasteiger charge is 2.03. The second-order valence-corrected chi connectivity index (χ2v) is 3.15. The Hall–Kier alpha value is -1.29.